The van der Waals surface area contributed by atoms with Gasteiger partial charge in [0.2, 0.25) is 0 Å². The number of ether oxygens (including phenoxy) is 2. The Morgan fingerprint density at radius 2 is 2.12 bits per heavy atom. The molecule has 26 heavy (non-hydrogen) atoms. The molecule has 0 spiro atoms. The summed E-state index contributed by atoms with van der Waals surface area (Å²) in [5.74, 6) is -0.322. The summed E-state index contributed by atoms with van der Waals surface area (Å²) in [6, 6.07) is 6.58. The lowest BCUT2D eigenvalue weighted by molar-refractivity contribution is 0.0601. The van der Waals surface area contributed by atoms with E-state index in [0.29, 0.717) is 22.9 Å². The van der Waals surface area contributed by atoms with Crippen LogP contribution in [0.3, 0.4) is 0 Å². The Kier molecular flexibility index (Phi) is 6.88. The van der Waals surface area contributed by atoms with Crippen LogP contribution < -0.4 is 10.9 Å². The van der Waals surface area contributed by atoms with E-state index in [1.807, 2.05) is 6.92 Å². The van der Waals surface area contributed by atoms with Crippen LogP contribution in [0.1, 0.15) is 22.8 Å². The fourth-order valence-electron chi connectivity index (χ4n) is 2.25. The topological polar surface area (TPSA) is 69.6 Å². The number of nitrogens with zero attached hydrogens (tertiary/aromatic N) is 1. The van der Waals surface area contributed by atoms with E-state index in [1.54, 1.807) is 31.3 Å². The van der Waals surface area contributed by atoms with Gasteiger partial charge in [-0.15, -0.1) is 0 Å². The van der Waals surface area contributed by atoms with Crippen LogP contribution in [0.15, 0.2) is 39.8 Å². The van der Waals surface area contributed by atoms with E-state index in [4.69, 9.17) is 21.1 Å². The third kappa shape index (κ3) is 4.47. The Labute approximate surface area is 164 Å². The third-order valence-electron chi connectivity index (χ3n) is 3.55. The van der Waals surface area contributed by atoms with Crippen LogP contribution in [0.4, 0.5) is 11.5 Å². The van der Waals surface area contributed by atoms with E-state index < -0.39 is 5.97 Å². The normalized spacial score (nSPS) is 10.8. The van der Waals surface area contributed by atoms with Crippen LogP contribution in [-0.2, 0) is 16.5 Å². The number of methoxy groups -OCH3 is 1. The first-order chi connectivity index (χ1) is 12.4. The van der Waals surface area contributed by atoms with Crippen molar-refractivity contribution in [3.8, 4) is 0 Å². The zero-order chi connectivity index (χ0) is 19.3. The predicted molar refractivity (Wildman–Crippen MR) is 106 cm³/mol. The highest BCUT2D eigenvalue weighted by Crippen LogP contribution is 2.30. The first-order valence-corrected chi connectivity index (χ1v) is 8.88. The van der Waals surface area contributed by atoms with Gasteiger partial charge in [0.05, 0.1) is 30.7 Å². The van der Waals surface area contributed by atoms with Crippen molar-refractivity contribution in [2.45, 2.75) is 6.92 Å². The lowest BCUT2D eigenvalue weighted by Crippen LogP contribution is -2.23. The minimum absolute atomic E-state index is 0.199. The number of aromatic nitrogens is 1. The van der Waals surface area contributed by atoms with Crippen LogP contribution in [0.25, 0.3) is 6.08 Å². The van der Waals surface area contributed by atoms with Gasteiger partial charge in [0.15, 0.2) is 0 Å². The molecule has 0 aliphatic carbocycles. The maximum Gasteiger partial charge on any atom is 0.342 e. The molecule has 0 aliphatic heterocycles. The van der Waals surface area contributed by atoms with Gasteiger partial charge in [-0.1, -0.05) is 27.5 Å². The van der Waals surface area contributed by atoms with Gasteiger partial charge in [-0.3, -0.25) is 9.36 Å². The van der Waals surface area contributed by atoms with Crippen molar-refractivity contribution in [3.63, 3.8) is 0 Å². The quantitative estimate of drug-likeness (QED) is 0.533. The Balaban J connectivity index is 2.65. The molecule has 0 bridgehead atoms. The summed E-state index contributed by atoms with van der Waals surface area (Å²) < 4.78 is 12.2. The van der Waals surface area contributed by atoms with Crippen molar-refractivity contribution >= 4 is 51.1 Å². The maximum absolute atomic E-state index is 12.4. The monoisotopic (exact) mass is 440 g/mol. The van der Waals surface area contributed by atoms with Gasteiger partial charge >= 0.3 is 5.97 Å². The lowest BCUT2D eigenvalue weighted by Gasteiger charge is -2.17. The molecular formula is C18H18BrClN2O4. The van der Waals surface area contributed by atoms with Gasteiger partial charge in [-0.05, 0) is 31.2 Å². The Bertz CT molecular complexity index is 909. The van der Waals surface area contributed by atoms with Crippen molar-refractivity contribution < 1.29 is 14.3 Å². The number of pyridine rings is 1. The molecule has 0 amide bonds. The molecule has 1 N–H and O–H groups in total. The smallest absolute Gasteiger partial charge is 0.342 e. The van der Waals surface area contributed by atoms with Gasteiger partial charge in [0.1, 0.15) is 11.4 Å². The molecule has 138 valence electrons. The number of halogens is 2. The van der Waals surface area contributed by atoms with E-state index in [0.717, 1.165) is 4.47 Å². The third-order valence-corrected chi connectivity index (χ3v) is 4.36. The van der Waals surface area contributed by atoms with Crippen molar-refractivity contribution in [1.29, 1.82) is 0 Å². The average molecular weight is 442 g/mol. The maximum atomic E-state index is 12.4. The van der Waals surface area contributed by atoms with E-state index in [2.05, 4.69) is 21.2 Å². The number of rotatable bonds is 6. The zero-order valence-corrected chi connectivity index (χ0v) is 16.8. The van der Waals surface area contributed by atoms with Gasteiger partial charge in [0.25, 0.3) is 5.56 Å². The molecule has 8 heteroatoms. The second kappa shape index (κ2) is 8.91. The Morgan fingerprint density at radius 3 is 2.73 bits per heavy atom. The number of carbonyl (C=O) groups is 1. The number of hydrogen-bond acceptors (Lipinski definition) is 5. The first-order valence-electron chi connectivity index (χ1n) is 7.71. The molecule has 0 fully saturated rings. The highest BCUT2D eigenvalue weighted by molar-refractivity contribution is 9.10. The van der Waals surface area contributed by atoms with Crippen molar-refractivity contribution in [2.75, 3.05) is 19.0 Å². The zero-order valence-electron chi connectivity index (χ0n) is 14.5. The summed E-state index contributed by atoms with van der Waals surface area (Å²) in [5.41, 5.74) is 0.819. The highest BCUT2D eigenvalue weighted by atomic mass is 79.9. The predicted octanol–water partition coefficient (Wildman–Crippen LogP) is 4.34. The standard InChI is InChI=1S/C18H18BrClN2O4/c1-4-26-8-7-11-9-15(23)22(2)17(16(11)18(24)25-3)21-14-6-5-12(19)10-13(14)20/h5-10,21H,4H2,1-3H3. The second-order valence-corrected chi connectivity index (χ2v) is 6.54. The van der Waals surface area contributed by atoms with Gasteiger partial charge in [-0.2, -0.15) is 0 Å². The molecule has 0 atom stereocenters. The Morgan fingerprint density at radius 1 is 1.38 bits per heavy atom. The van der Waals surface area contributed by atoms with Crippen molar-refractivity contribution in [3.05, 3.63) is 61.5 Å². The molecular weight excluding hydrogens is 424 g/mol. The summed E-state index contributed by atoms with van der Waals surface area (Å²) in [6.07, 6.45) is 2.98. The van der Waals surface area contributed by atoms with Crippen molar-refractivity contribution in [2.24, 2.45) is 7.05 Å². The second-order valence-electron chi connectivity index (χ2n) is 5.22. The van der Waals surface area contributed by atoms with Crippen LogP contribution in [-0.4, -0.2) is 24.3 Å². The number of hydrogen-bond donors (Lipinski definition) is 1. The number of benzene rings is 1. The van der Waals surface area contributed by atoms with Gasteiger partial charge in [0, 0.05) is 23.2 Å². The average Bonchev–Trinajstić information content (AvgIpc) is 2.61. The van der Waals surface area contributed by atoms with Crippen LogP contribution in [0, 0.1) is 0 Å². The molecule has 1 heterocycles. The van der Waals surface area contributed by atoms with E-state index in [-0.39, 0.29) is 16.9 Å². The van der Waals surface area contributed by atoms with Crippen LogP contribution in [0.2, 0.25) is 5.02 Å². The molecule has 0 radical (unpaired) electrons. The van der Waals surface area contributed by atoms with Crippen LogP contribution >= 0.6 is 27.5 Å². The first kappa shape index (κ1) is 20.1. The highest BCUT2D eigenvalue weighted by Gasteiger charge is 2.21. The Hall–Kier alpha value is -2.25. The van der Waals surface area contributed by atoms with E-state index in [1.165, 1.54) is 24.0 Å². The summed E-state index contributed by atoms with van der Waals surface area (Å²) in [7, 11) is 2.83. The fourth-order valence-corrected chi connectivity index (χ4v) is 2.97. The molecule has 0 aliphatic rings. The minimum Gasteiger partial charge on any atom is -0.501 e. The van der Waals surface area contributed by atoms with E-state index >= 15 is 0 Å². The summed E-state index contributed by atoms with van der Waals surface area (Å²) in [4.78, 5) is 24.7. The lowest BCUT2D eigenvalue weighted by atomic mass is 10.1. The summed E-state index contributed by atoms with van der Waals surface area (Å²) >= 11 is 9.59. The van der Waals surface area contributed by atoms with Crippen molar-refractivity contribution in [1.82, 2.24) is 4.57 Å². The molecule has 1 aromatic carbocycles. The SMILES string of the molecule is CCOC=Cc1cc(=O)n(C)c(Nc2ccc(Br)cc2Cl)c1C(=O)OC. The molecule has 0 saturated heterocycles. The van der Waals surface area contributed by atoms with Gasteiger partial charge < -0.3 is 14.8 Å². The fraction of sp³-hybridized carbons (Fsp3) is 0.222. The largest absolute Gasteiger partial charge is 0.501 e. The molecule has 6 nitrogen and oxygen atoms in total. The molecule has 0 saturated carbocycles. The molecule has 2 rings (SSSR count). The van der Waals surface area contributed by atoms with Crippen LogP contribution in [0.5, 0.6) is 0 Å². The summed E-state index contributed by atoms with van der Waals surface area (Å²) in [6.45, 7) is 2.30. The number of nitrogens with one attached hydrogen (secondary N) is 1. The molecule has 1 aromatic heterocycles. The number of anilines is 2. The van der Waals surface area contributed by atoms with E-state index in [9.17, 15) is 9.59 Å². The van der Waals surface area contributed by atoms with Gasteiger partial charge in [-0.25, -0.2) is 4.79 Å². The molecule has 2 aromatic rings. The number of esters is 1. The number of carbonyl (C=O) groups excluding carboxylic acids is 1. The summed E-state index contributed by atoms with van der Waals surface area (Å²) in [5, 5.41) is 3.49. The molecule has 0 unspecified atom stereocenters. The minimum atomic E-state index is -0.590.